The molecular weight excluding hydrogens is 265 g/mol. The van der Waals surface area contributed by atoms with Crippen LogP contribution in [0.4, 0.5) is 19.0 Å². The highest BCUT2D eigenvalue weighted by molar-refractivity contribution is 5.42. The van der Waals surface area contributed by atoms with Crippen LogP contribution in [0.1, 0.15) is 23.5 Å². The Morgan fingerprint density at radius 1 is 1.05 bits per heavy atom. The summed E-state index contributed by atoms with van der Waals surface area (Å²) in [4.78, 5) is 3.82. The predicted molar refractivity (Wildman–Crippen MR) is 70.4 cm³/mol. The molecule has 1 heterocycles. The lowest BCUT2D eigenvalue weighted by atomic mass is 10.1. The fourth-order valence-corrected chi connectivity index (χ4v) is 2.26. The SMILES string of the molecule is FC(F)(F)c1ccc(NC2CC2c2ccccc2)nc1. The molecule has 104 valence electrons. The van der Waals surface area contributed by atoms with E-state index in [2.05, 4.69) is 22.4 Å². The first-order valence-electron chi connectivity index (χ1n) is 6.39. The van der Waals surface area contributed by atoms with Gasteiger partial charge in [-0.05, 0) is 24.1 Å². The van der Waals surface area contributed by atoms with Crippen LogP contribution in [0.2, 0.25) is 0 Å². The summed E-state index contributed by atoms with van der Waals surface area (Å²) < 4.78 is 37.3. The van der Waals surface area contributed by atoms with Crippen molar-refractivity contribution in [1.29, 1.82) is 0 Å². The number of anilines is 1. The van der Waals surface area contributed by atoms with E-state index in [0.717, 1.165) is 18.7 Å². The van der Waals surface area contributed by atoms with Crippen molar-refractivity contribution in [3.8, 4) is 0 Å². The van der Waals surface area contributed by atoms with Gasteiger partial charge in [0, 0.05) is 18.2 Å². The first-order chi connectivity index (χ1) is 9.54. The molecule has 3 rings (SSSR count). The Morgan fingerprint density at radius 3 is 2.40 bits per heavy atom. The van der Waals surface area contributed by atoms with E-state index in [1.807, 2.05) is 18.2 Å². The van der Waals surface area contributed by atoms with Gasteiger partial charge in [0.05, 0.1) is 5.56 Å². The summed E-state index contributed by atoms with van der Waals surface area (Å²) in [6, 6.07) is 12.7. The van der Waals surface area contributed by atoms with Gasteiger partial charge in [-0.1, -0.05) is 30.3 Å². The molecule has 0 saturated heterocycles. The van der Waals surface area contributed by atoms with E-state index in [4.69, 9.17) is 0 Å². The van der Waals surface area contributed by atoms with Crippen LogP contribution in [0.5, 0.6) is 0 Å². The average Bonchev–Trinajstić information content (AvgIpc) is 3.19. The van der Waals surface area contributed by atoms with Crippen molar-refractivity contribution in [3.63, 3.8) is 0 Å². The van der Waals surface area contributed by atoms with Crippen LogP contribution in [0.3, 0.4) is 0 Å². The number of rotatable bonds is 3. The number of hydrogen-bond donors (Lipinski definition) is 1. The Hall–Kier alpha value is -2.04. The average molecular weight is 278 g/mol. The smallest absolute Gasteiger partial charge is 0.367 e. The van der Waals surface area contributed by atoms with Gasteiger partial charge in [-0.15, -0.1) is 0 Å². The Kier molecular flexibility index (Phi) is 3.12. The van der Waals surface area contributed by atoms with Crippen LogP contribution < -0.4 is 5.32 Å². The van der Waals surface area contributed by atoms with Crippen molar-refractivity contribution in [3.05, 3.63) is 59.8 Å². The van der Waals surface area contributed by atoms with Gasteiger partial charge in [-0.25, -0.2) is 4.98 Å². The van der Waals surface area contributed by atoms with E-state index in [-0.39, 0.29) is 6.04 Å². The molecule has 0 aliphatic heterocycles. The summed E-state index contributed by atoms with van der Waals surface area (Å²) in [6.45, 7) is 0. The lowest BCUT2D eigenvalue weighted by molar-refractivity contribution is -0.137. The molecule has 1 aliphatic rings. The normalized spacial score (nSPS) is 21.6. The zero-order chi connectivity index (χ0) is 14.2. The number of hydrogen-bond acceptors (Lipinski definition) is 2. The van der Waals surface area contributed by atoms with Gasteiger partial charge in [0.15, 0.2) is 0 Å². The lowest BCUT2D eigenvalue weighted by Gasteiger charge is -2.08. The molecule has 0 amide bonds. The third kappa shape index (κ3) is 2.76. The number of nitrogens with one attached hydrogen (secondary N) is 1. The quantitative estimate of drug-likeness (QED) is 0.915. The monoisotopic (exact) mass is 278 g/mol. The molecule has 2 nitrogen and oxygen atoms in total. The molecule has 0 bridgehead atoms. The van der Waals surface area contributed by atoms with E-state index in [9.17, 15) is 13.2 Å². The fraction of sp³-hybridized carbons (Fsp3) is 0.267. The number of pyridine rings is 1. The molecular formula is C15H13F3N2. The number of nitrogens with zero attached hydrogens (tertiary/aromatic N) is 1. The second kappa shape index (κ2) is 4.81. The highest BCUT2D eigenvalue weighted by Gasteiger charge is 2.38. The summed E-state index contributed by atoms with van der Waals surface area (Å²) in [6.07, 6.45) is -2.49. The topological polar surface area (TPSA) is 24.9 Å². The van der Waals surface area contributed by atoms with E-state index in [0.29, 0.717) is 11.7 Å². The summed E-state index contributed by atoms with van der Waals surface area (Å²) >= 11 is 0. The van der Waals surface area contributed by atoms with Crippen LogP contribution in [0.15, 0.2) is 48.7 Å². The number of halogens is 3. The highest BCUT2D eigenvalue weighted by Crippen LogP contribution is 2.42. The van der Waals surface area contributed by atoms with Crippen molar-refractivity contribution < 1.29 is 13.2 Å². The summed E-state index contributed by atoms with van der Waals surface area (Å²) in [7, 11) is 0. The van der Waals surface area contributed by atoms with Crippen molar-refractivity contribution in [1.82, 2.24) is 4.98 Å². The molecule has 20 heavy (non-hydrogen) atoms. The minimum absolute atomic E-state index is 0.252. The summed E-state index contributed by atoms with van der Waals surface area (Å²) in [5.41, 5.74) is 0.523. The predicted octanol–water partition coefficient (Wildman–Crippen LogP) is 4.07. The highest BCUT2D eigenvalue weighted by atomic mass is 19.4. The van der Waals surface area contributed by atoms with E-state index in [1.165, 1.54) is 11.6 Å². The standard InChI is InChI=1S/C15H13F3N2/c16-15(17,18)11-6-7-14(19-9-11)20-13-8-12(13)10-4-2-1-3-5-10/h1-7,9,12-13H,8H2,(H,19,20). The molecule has 1 saturated carbocycles. The number of aromatic nitrogens is 1. The Labute approximate surface area is 114 Å². The zero-order valence-corrected chi connectivity index (χ0v) is 10.6. The van der Waals surface area contributed by atoms with Crippen molar-refractivity contribution in [2.24, 2.45) is 0 Å². The first-order valence-corrected chi connectivity index (χ1v) is 6.39. The zero-order valence-electron chi connectivity index (χ0n) is 10.6. The summed E-state index contributed by atoms with van der Waals surface area (Å²) in [5, 5.41) is 3.16. The summed E-state index contributed by atoms with van der Waals surface area (Å²) in [5.74, 6) is 0.904. The third-order valence-electron chi connectivity index (χ3n) is 3.44. The molecule has 2 atom stereocenters. The van der Waals surface area contributed by atoms with E-state index < -0.39 is 11.7 Å². The van der Waals surface area contributed by atoms with E-state index in [1.54, 1.807) is 0 Å². The number of alkyl halides is 3. The minimum Gasteiger partial charge on any atom is -0.367 e. The van der Waals surface area contributed by atoms with Gasteiger partial charge in [0.2, 0.25) is 0 Å². The Balaban J connectivity index is 1.63. The lowest BCUT2D eigenvalue weighted by Crippen LogP contribution is -2.08. The maximum Gasteiger partial charge on any atom is 0.417 e. The van der Waals surface area contributed by atoms with Gasteiger partial charge in [-0.2, -0.15) is 13.2 Å². The molecule has 0 spiro atoms. The number of benzene rings is 1. The Morgan fingerprint density at radius 2 is 1.80 bits per heavy atom. The molecule has 1 aromatic carbocycles. The van der Waals surface area contributed by atoms with Crippen LogP contribution in [-0.2, 0) is 6.18 Å². The van der Waals surface area contributed by atoms with Crippen molar-refractivity contribution >= 4 is 5.82 Å². The second-order valence-corrected chi connectivity index (χ2v) is 4.93. The van der Waals surface area contributed by atoms with Gasteiger partial charge >= 0.3 is 6.18 Å². The van der Waals surface area contributed by atoms with Crippen LogP contribution in [0.25, 0.3) is 0 Å². The van der Waals surface area contributed by atoms with E-state index >= 15 is 0 Å². The molecule has 1 fully saturated rings. The third-order valence-corrected chi connectivity index (χ3v) is 3.44. The van der Waals surface area contributed by atoms with Crippen LogP contribution in [-0.4, -0.2) is 11.0 Å². The van der Waals surface area contributed by atoms with Crippen LogP contribution >= 0.6 is 0 Å². The van der Waals surface area contributed by atoms with Gasteiger partial charge < -0.3 is 5.32 Å². The maximum atomic E-state index is 12.4. The fourth-order valence-electron chi connectivity index (χ4n) is 2.26. The van der Waals surface area contributed by atoms with Crippen LogP contribution in [0, 0.1) is 0 Å². The molecule has 5 heteroatoms. The van der Waals surface area contributed by atoms with Gasteiger partial charge in [0.1, 0.15) is 5.82 Å². The largest absolute Gasteiger partial charge is 0.417 e. The second-order valence-electron chi connectivity index (χ2n) is 4.93. The molecule has 1 N–H and O–H groups in total. The first kappa shape index (κ1) is 13.0. The molecule has 1 aliphatic carbocycles. The molecule has 0 radical (unpaired) electrons. The molecule has 1 aromatic heterocycles. The van der Waals surface area contributed by atoms with Crippen molar-refractivity contribution in [2.45, 2.75) is 24.6 Å². The minimum atomic E-state index is -4.34. The molecule has 2 unspecified atom stereocenters. The maximum absolute atomic E-state index is 12.4. The van der Waals surface area contributed by atoms with Crippen molar-refractivity contribution in [2.75, 3.05) is 5.32 Å². The van der Waals surface area contributed by atoms with Gasteiger partial charge in [0.25, 0.3) is 0 Å². The van der Waals surface area contributed by atoms with Gasteiger partial charge in [-0.3, -0.25) is 0 Å². The molecule has 2 aromatic rings. The Bertz CT molecular complexity index is 578.